The van der Waals surface area contributed by atoms with E-state index < -0.39 is 11.8 Å². The zero-order valence-electron chi connectivity index (χ0n) is 12.8. The van der Waals surface area contributed by atoms with E-state index in [0.717, 1.165) is 18.7 Å². The molecule has 3 N–H and O–H groups in total. The number of carbonyl (C=O) groups is 1. The highest BCUT2D eigenvalue weighted by molar-refractivity contribution is 6.31. The molecule has 1 heterocycles. The Labute approximate surface area is 138 Å². The topological polar surface area (TPSA) is 78.9 Å². The van der Waals surface area contributed by atoms with Crippen molar-refractivity contribution in [1.29, 1.82) is 0 Å². The van der Waals surface area contributed by atoms with Gasteiger partial charge in [0, 0.05) is 24.0 Å². The predicted octanol–water partition coefficient (Wildman–Crippen LogP) is 4.04. The molecule has 0 aliphatic carbocycles. The van der Waals surface area contributed by atoms with Crippen LogP contribution in [0.3, 0.4) is 0 Å². The van der Waals surface area contributed by atoms with Gasteiger partial charge in [-0.3, -0.25) is 5.32 Å². The minimum Gasteiger partial charge on any atom is -0.370 e. The number of amides is 2. The Hall–Kier alpha value is -2.41. The van der Waals surface area contributed by atoms with Gasteiger partial charge < -0.3 is 10.6 Å². The first-order chi connectivity index (χ1) is 11.0. The Kier molecular flexibility index (Phi) is 5.70. The van der Waals surface area contributed by atoms with Gasteiger partial charge in [0.15, 0.2) is 0 Å². The smallest absolute Gasteiger partial charge is 0.326 e. The van der Waals surface area contributed by atoms with Crippen molar-refractivity contribution in [2.24, 2.45) is 0 Å². The van der Waals surface area contributed by atoms with Gasteiger partial charge in [-0.05, 0) is 31.5 Å². The Balaban J connectivity index is 2.04. The van der Waals surface area contributed by atoms with Gasteiger partial charge in [0.1, 0.15) is 11.6 Å². The third-order valence-corrected chi connectivity index (χ3v) is 3.10. The van der Waals surface area contributed by atoms with Gasteiger partial charge in [0.2, 0.25) is 5.95 Å². The summed E-state index contributed by atoms with van der Waals surface area (Å²) in [5.41, 5.74) is 1.09. The molecule has 0 saturated carbocycles. The zero-order chi connectivity index (χ0) is 16.8. The number of anilines is 3. The summed E-state index contributed by atoms with van der Waals surface area (Å²) in [6, 6.07) is 5.15. The van der Waals surface area contributed by atoms with Crippen LogP contribution in [-0.4, -0.2) is 22.5 Å². The lowest BCUT2D eigenvalue weighted by Gasteiger charge is -2.10. The van der Waals surface area contributed by atoms with Gasteiger partial charge in [-0.1, -0.05) is 18.5 Å². The number of aryl methyl sites for hydroxylation is 1. The maximum atomic E-state index is 13.1. The fraction of sp³-hybridized carbons (Fsp3) is 0.267. The first-order valence-corrected chi connectivity index (χ1v) is 7.48. The van der Waals surface area contributed by atoms with Crippen LogP contribution < -0.4 is 16.0 Å². The molecular weight excluding hydrogens is 321 g/mol. The summed E-state index contributed by atoms with van der Waals surface area (Å²) in [5, 5.41) is 8.13. The molecule has 2 aromatic rings. The van der Waals surface area contributed by atoms with Crippen molar-refractivity contribution in [1.82, 2.24) is 9.97 Å². The summed E-state index contributed by atoms with van der Waals surface area (Å²) in [4.78, 5) is 20.3. The van der Waals surface area contributed by atoms with Crippen molar-refractivity contribution in [2.45, 2.75) is 20.3 Å². The molecule has 1 aromatic heterocycles. The first-order valence-electron chi connectivity index (χ1n) is 7.10. The molecule has 2 amide bonds. The predicted molar refractivity (Wildman–Crippen MR) is 89.6 cm³/mol. The van der Waals surface area contributed by atoms with E-state index in [1.165, 1.54) is 18.2 Å². The SMILES string of the molecule is CCCNc1cc(C)nc(NC(=O)Nc2ccc(F)c(Cl)c2)n1. The van der Waals surface area contributed by atoms with Gasteiger partial charge in [-0.2, -0.15) is 4.98 Å². The van der Waals surface area contributed by atoms with Crippen LogP contribution in [0.2, 0.25) is 5.02 Å². The maximum absolute atomic E-state index is 13.1. The van der Waals surface area contributed by atoms with E-state index in [1.807, 2.05) is 13.8 Å². The number of benzene rings is 1. The molecule has 122 valence electrons. The van der Waals surface area contributed by atoms with Crippen LogP contribution in [-0.2, 0) is 0 Å². The van der Waals surface area contributed by atoms with Crippen LogP contribution >= 0.6 is 11.6 Å². The second-order valence-corrected chi connectivity index (χ2v) is 5.26. The molecular formula is C15H17ClFN5O. The molecule has 1 aromatic carbocycles. The monoisotopic (exact) mass is 337 g/mol. The second-order valence-electron chi connectivity index (χ2n) is 4.85. The molecule has 0 unspecified atom stereocenters. The average Bonchev–Trinajstić information content (AvgIpc) is 2.48. The van der Waals surface area contributed by atoms with E-state index in [2.05, 4.69) is 25.9 Å². The third kappa shape index (κ3) is 5.07. The molecule has 0 aliphatic heterocycles. The quantitative estimate of drug-likeness (QED) is 0.769. The maximum Gasteiger partial charge on any atom is 0.326 e. The highest BCUT2D eigenvalue weighted by Gasteiger charge is 2.08. The standard InChI is InChI=1S/C15H17ClFN5O/c1-3-6-18-13-7-9(2)19-14(21-13)22-15(23)20-10-4-5-12(17)11(16)8-10/h4-5,7-8H,3,6H2,1-2H3,(H3,18,19,20,21,22,23). The van der Waals surface area contributed by atoms with E-state index in [1.54, 1.807) is 6.07 Å². The molecule has 0 saturated heterocycles. The Morgan fingerprint density at radius 1 is 1.26 bits per heavy atom. The van der Waals surface area contributed by atoms with Gasteiger partial charge in [-0.25, -0.2) is 14.2 Å². The average molecular weight is 338 g/mol. The van der Waals surface area contributed by atoms with Gasteiger partial charge in [0.25, 0.3) is 0 Å². The Bertz CT molecular complexity index is 710. The molecule has 0 bridgehead atoms. The zero-order valence-corrected chi connectivity index (χ0v) is 13.5. The molecule has 0 aliphatic rings. The molecule has 6 nitrogen and oxygen atoms in total. The van der Waals surface area contributed by atoms with Crippen LogP contribution in [0.25, 0.3) is 0 Å². The summed E-state index contributed by atoms with van der Waals surface area (Å²) in [6.07, 6.45) is 0.956. The van der Waals surface area contributed by atoms with Crippen molar-refractivity contribution in [3.8, 4) is 0 Å². The molecule has 0 fully saturated rings. The highest BCUT2D eigenvalue weighted by atomic mass is 35.5. The van der Waals surface area contributed by atoms with E-state index in [-0.39, 0.29) is 11.0 Å². The number of aromatic nitrogens is 2. The lowest BCUT2D eigenvalue weighted by Crippen LogP contribution is -2.21. The Morgan fingerprint density at radius 3 is 2.74 bits per heavy atom. The lowest BCUT2D eigenvalue weighted by atomic mass is 10.3. The van der Waals surface area contributed by atoms with Crippen LogP contribution in [0.1, 0.15) is 19.0 Å². The molecule has 23 heavy (non-hydrogen) atoms. The molecule has 8 heteroatoms. The normalized spacial score (nSPS) is 10.3. The van der Waals surface area contributed by atoms with Crippen LogP contribution in [0.5, 0.6) is 0 Å². The van der Waals surface area contributed by atoms with Crippen molar-refractivity contribution in [3.63, 3.8) is 0 Å². The van der Waals surface area contributed by atoms with Gasteiger partial charge in [0.05, 0.1) is 5.02 Å². The van der Waals surface area contributed by atoms with Crippen molar-refractivity contribution in [3.05, 3.63) is 40.8 Å². The van der Waals surface area contributed by atoms with E-state index >= 15 is 0 Å². The lowest BCUT2D eigenvalue weighted by molar-refractivity contribution is 0.262. The minimum absolute atomic E-state index is 0.0688. The number of urea groups is 1. The number of nitrogens with zero attached hydrogens (tertiary/aromatic N) is 2. The number of halogens is 2. The summed E-state index contributed by atoms with van der Waals surface area (Å²) >= 11 is 5.67. The number of rotatable bonds is 5. The molecule has 0 spiro atoms. The fourth-order valence-electron chi connectivity index (χ4n) is 1.81. The largest absolute Gasteiger partial charge is 0.370 e. The van der Waals surface area contributed by atoms with E-state index in [0.29, 0.717) is 11.5 Å². The number of nitrogens with one attached hydrogen (secondary N) is 3. The summed E-state index contributed by atoms with van der Waals surface area (Å²) in [7, 11) is 0. The van der Waals surface area contributed by atoms with E-state index in [4.69, 9.17) is 11.6 Å². The second kappa shape index (κ2) is 7.73. The number of carbonyl (C=O) groups excluding carboxylic acids is 1. The van der Waals surface area contributed by atoms with Gasteiger partial charge >= 0.3 is 6.03 Å². The van der Waals surface area contributed by atoms with Gasteiger partial charge in [-0.15, -0.1) is 0 Å². The van der Waals surface area contributed by atoms with Crippen molar-refractivity contribution >= 4 is 35.1 Å². The highest BCUT2D eigenvalue weighted by Crippen LogP contribution is 2.19. The fourth-order valence-corrected chi connectivity index (χ4v) is 1.99. The summed E-state index contributed by atoms with van der Waals surface area (Å²) < 4.78 is 13.1. The van der Waals surface area contributed by atoms with Crippen LogP contribution in [0.4, 0.5) is 26.6 Å². The number of hydrogen-bond donors (Lipinski definition) is 3. The van der Waals surface area contributed by atoms with Crippen LogP contribution in [0.15, 0.2) is 24.3 Å². The Morgan fingerprint density at radius 2 is 2.04 bits per heavy atom. The van der Waals surface area contributed by atoms with Crippen LogP contribution in [0, 0.1) is 12.7 Å². The number of hydrogen-bond acceptors (Lipinski definition) is 4. The van der Waals surface area contributed by atoms with Crippen molar-refractivity contribution < 1.29 is 9.18 Å². The molecule has 0 atom stereocenters. The molecule has 2 rings (SSSR count). The minimum atomic E-state index is -0.550. The third-order valence-electron chi connectivity index (χ3n) is 2.81. The summed E-state index contributed by atoms with van der Waals surface area (Å²) in [5.74, 6) is 0.264. The first kappa shape index (κ1) is 17.0. The summed E-state index contributed by atoms with van der Waals surface area (Å²) in [6.45, 7) is 4.62. The van der Waals surface area contributed by atoms with Crippen molar-refractivity contribution in [2.75, 3.05) is 22.5 Å². The van der Waals surface area contributed by atoms with E-state index in [9.17, 15) is 9.18 Å². The molecule has 0 radical (unpaired) electrons.